The van der Waals surface area contributed by atoms with E-state index in [-0.39, 0.29) is 16.9 Å². The highest BCUT2D eigenvalue weighted by atomic mass is 32.2. The predicted octanol–water partition coefficient (Wildman–Crippen LogP) is 8.76. The largest absolute Gasteiger partial charge is 0.287 e. The SMILES string of the molecule is C[C@@H](Sc1nc2c(c(=O)n1CCc1ccccc1)C1(CCCCC1)Cc1ccccc1-2)C(=O)N(c1ccccc1)c1ccccc1. The first kappa shape index (κ1) is 30.2. The number of carbonyl (C=O) groups excluding carboxylic acids is 1. The van der Waals surface area contributed by atoms with E-state index >= 15 is 0 Å². The van der Waals surface area contributed by atoms with E-state index in [0.29, 0.717) is 18.1 Å². The van der Waals surface area contributed by atoms with Crippen LogP contribution in [0.2, 0.25) is 0 Å². The summed E-state index contributed by atoms with van der Waals surface area (Å²) in [5.74, 6) is -0.0619. The minimum absolute atomic E-state index is 0.0578. The van der Waals surface area contributed by atoms with Crippen LogP contribution in [0.5, 0.6) is 0 Å². The van der Waals surface area contributed by atoms with Crippen LogP contribution in [0.25, 0.3) is 11.3 Å². The lowest BCUT2D eigenvalue weighted by Crippen LogP contribution is -2.43. The molecule has 5 aromatic rings. The molecular weight excluding hydrogens is 587 g/mol. The van der Waals surface area contributed by atoms with Crippen LogP contribution in [0.15, 0.2) is 125 Å². The number of aromatic nitrogens is 2. The standard InChI is InChI=1S/C40H39N3O2S/c1-29(37(44)43(32-19-8-3-9-20-32)33-21-10-4-11-22-33)46-39-41-36-34-23-13-12-18-31(34)28-40(25-14-5-15-26-40)35(36)38(45)42(39)27-24-30-16-6-2-7-17-30/h2-4,6-13,16-23,29H,5,14-15,24-28H2,1H3/t29-/m1/s1. The van der Waals surface area contributed by atoms with Gasteiger partial charge < -0.3 is 0 Å². The van der Waals surface area contributed by atoms with Crippen LogP contribution in [0.1, 0.15) is 55.7 Å². The highest BCUT2D eigenvalue weighted by molar-refractivity contribution is 8.00. The summed E-state index contributed by atoms with van der Waals surface area (Å²) >= 11 is 1.39. The van der Waals surface area contributed by atoms with Crippen molar-refractivity contribution in [1.29, 1.82) is 0 Å². The van der Waals surface area contributed by atoms with Crippen LogP contribution in [0.4, 0.5) is 11.4 Å². The van der Waals surface area contributed by atoms with Crippen LogP contribution in [-0.4, -0.2) is 20.7 Å². The Hall–Kier alpha value is -4.42. The van der Waals surface area contributed by atoms with Gasteiger partial charge in [0.15, 0.2) is 5.16 Å². The van der Waals surface area contributed by atoms with E-state index in [1.807, 2.05) is 96.4 Å². The number of hydrogen-bond donors (Lipinski definition) is 0. The molecule has 1 fully saturated rings. The van der Waals surface area contributed by atoms with E-state index in [1.165, 1.54) is 29.3 Å². The van der Waals surface area contributed by atoms with Crippen molar-refractivity contribution in [1.82, 2.24) is 9.55 Å². The molecule has 2 aliphatic rings. The average molecular weight is 626 g/mol. The Morgan fingerprint density at radius 2 is 1.41 bits per heavy atom. The third-order valence-corrected chi connectivity index (χ3v) is 10.7. The zero-order valence-electron chi connectivity index (χ0n) is 26.3. The number of fused-ring (bicyclic) bond motifs is 4. The fourth-order valence-corrected chi connectivity index (χ4v) is 8.31. The van der Waals surface area contributed by atoms with E-state index in [1.54, 1.807) is 4.90 Å². The normalized spacial score (nSPS) is 15.5. The van der Waals surface area contributed by atoms with Crippen molar-refractivity contribution in [3.8, 4) is 11.3 Å². The molecule has 1 amide bonds. The molecule has 7 rings (SSSR count). The average Bonchev–Trinajstić information content (AvgIpc) is 3.10. The summed E-state index contributed by atoms with van der Waals surface area (Å²) in [6, 6.07) is 38.3. The first-order valence-electron chi connectivity index (χ1n) is 16.4. The van der Waals surface area contributed by atoms with Gasteiger partial charge in [-0.2, -0.15) is 0 Å². The smallest absolute Gasteiger partial charge is 0.258 e. The number of carbonyl (C=O) groups is 1. The number of thioether (sulfide) groups is 1. The van der Waals surface area contributed by atoms with Crippen LogP contribution in [0, 0.1) is 0 Å². The lowest BCUT2D eigenvalue weighted by atomic mass is 9.62. The van der Waals surface area contributed by atoms with Crippen molar-refractivity contribution in [3.63, 3.8) is 0 Å². The fraction of sp³-hybridized carbons (Fsp3) is 0.275. The molecule has 46 heavy (non-hydrogen) atoms. The molecule has 232 valence electrons. The number of anilines is 2. The second kappa shape index (κ2) is 13.1. The first-order chi connectivity index (χ1) is 22.5. The van der Waals surface area contributed by atoms with Crippen molar-refractivity contribution in [2.75, 3.05) is 4.90 Å². The van der Waals surface area contributed by atoms with Crippen LogP contribution >= 0.6 is 11.8 Å². The highest BCUT2D eigenvalue weighted by Crippen LogP contribution is 2.49. The molecule has 1 atom stereocenters. The number of nitrogens with zero attached hydrogens (tertiary/aromatic N) is 3. The number of rotatable bonds is 8. The number of para-hydroxylation sites is 2. The molecule has 1 saturated carbocycles. The second-order valence-corrected chi connectivity index (χ2v) is 13.9. The Balaban J connectivity index is 1.33. The molecule has 0 radical (unpaired) electrons. The monoisotopic (exact) mass is 625 g/mol. The van der Waals surface area contributed by atoms with E-state index in [9.17, 15) is 9.59 Å². The van der Waals surface area contributed by atoms with Crippen molar-refractivity contribution < 1.29 is 4.79 Å². The number of amides is 1. The maximum absolute atomic E-state index is 14.9. The van der Waals surface area contributed by atoms with Crippen LogP contribution in [0.3, 0.4) is 0 Å². The second-order valence-electron chi connectivity index (χ2n) is 12.6. The van der Waals surface area contributed by atoms with E-state index in [0.717, 1.165) is 60.3 Å². The quantitative estimate of drug-likeness (QED) is 0.128. The Labute approximate surface area is 275 Å². The third-order valence-electron chi connectivity index (χ3n) is 9.62. The predicted molar refractivity (Wildman–Crippen MR) is 188 cm³/mol. The molecule has 0 aliphatic heterocycles. The molecule has 6 heteroatoms. The van der Waals surface area contributed by atoms with Gasteiger partial charge in [0, 0.05) is 28.9 Å². The molecule has 4 aromatic carbocycles. The van der Waals surface area contributed by atoms with Gasteiger partial charge in [-0.1, -0.05) is 122 Å². The zero-order valence-corrected chi connectivity index (χ0v) is 27.1. The Morgan fingerprint density at radius 1 is 0.826 bits per heavy atom. The Bertz CT molecular complexity index is 1840. The summed E-state index contributed by atoms with van der Waals surface area (Å²) < 4.78 is 1.87. The first-order valence-corrected chi connectivity index (χ1v) is 17.3. The summed E-state index contributed by atoms with van der Waals surface area (Å²) in [5, 5.41) is 0.0973. The van der Waals surface area contributed by atoms with Gasteiger partial charge in [-0.05, 0) is 68.0 Å². The minimum atomic E-state index is -0.504. The van der Waals surface area contributed by atoms with Gasteiger partial charge >= 0.3 is 0 Å². The van der Waals surface area contributed by atoms with E-state index in [2.05, 4.69) is 30.3 Å². The minimum Gasteiger partial charge on any atom is -0.287 e. The van der Waals surface area contributed by atoms with Crippen LogP contribution < -0.4 is 10.5 Å². The van der Waals surface area contributed by atoms with Gasteiger partial charge in [0.2, 0.25) is 5.91 Å². The van der Waals surface area contributed by atoms with Crippen molar-refractivity contribution in [2.24, 2.45) is 0 Å². The van der Waals surface area contributed by atoms with Gasteiger partial charge in [0.1, 0.15) is 0 Å². The van der Waals surface area contributed by atoms with Crippen molar-refractivity contribution in [2.45, 2.75) is 74.2 Å². The molecule has 2 aliphatic carbocycles. The van der Waals surface area contributed by atoms with Gasteiger partial charge in [-0.25, -0.2) is 4.98 Å². The number of benzene rings is 4. The summed E-state index contributed by atoms with van der Waals surface area (Å²) in [5.41, 5.74) is 6.67. The van der Waals surface area contributed by atoms with E-state index < -0.39 is 5.25 Å². The maximum Gasteiger partial charge on any atom is 0.258 e. The lowest BCUT2D eigenvalue weighted by molar-refractivity contribution is -0.117. The molecule has 1 heterocycles. The molecule has 5 nitrogen and oxygen atoms in total. The Morgan fingerprint density at radius 3 is 2.07 bits per heavy atom. The molecule has 1 aromatic heterocycles. The third kappa shape index (κ3) is 5.82. The van der Waals surface area contributed by atoms with Crippen LogP contribution in [-0.2, 0) is 29.6 Å². The molecular formula is C40H39N3O2S. The topological polar surface area (TPSA) is 55.2 Å². The van der Waals surface area contributed by atoms with E-state index in [4.69, 9.17) is 4.98 Å². The van der Waals surface area contributed by atoms with Gasteiger partial charge in [0.25, 0.3) is 5.56 Å². The van der Waals surface area contributed by atoms with Crippen molar-refractivity contribution in [3.05, 3.63) is 142 Å². The molecule has 0 N–H and O–H groups in total. The van der Waals surface area contributed by atoms with Gasteiger partial charge in [-0.3, -0.25) is 19.1 Å². The summed E-state index contributed by atoms with van der Waals surface area (Å²) in [6.45, 7) is 2.43. The lowest BCUT2D eigenvalue weighted by Gasteiger charge is -2.42. The summed E-state index contributed by atoms with van der Waals surface area (Å²) in [4.78, 5) is 36.4. The summed E-state index contributed by atoms with van der Waals surface area (Å²) in [6.07, 6.45) is 7.07. The number of aryl methyl sites for hydroxylation is 1. The molecule has 0 saturated heterocycles. The van der Waals surface area contributed by atoms with Gasteiger partial charge in [-0.15, -0.1) is 0 Å². The van der Waals surface area contributed by atoms with Crippen molar-refractivity contribution >= 4 is 29.0 Å². The summed E-state index contributed by atoms with van der Waals surface area (Å²) in [7, 11) is 0. The Kier molecular flexibility index (Phi) is 8.63. The number of hydrogen-bond acceptors (Lipinski definition) is 4. The maximum atomic E-state index is 14.9. The fourth-order valence-electron chi connectivity index (χ4n) is 7.34. The van der Waals surface area contributed by atoms with Gasteiger partial charge in [0.05, 0.1) is 16.5 Å². The molecule has 0 unspecified atom stereocenters. The zero-order chi connectivity index (χ0) is 31.5. The molecule has 0 bridgehead atoms. The molecule has 1 spiro atoms. The highest BCUT2D eigenvalue weighted by Gasteiger charge is 2.43.